The molecule has 0 amide bonds. The molecule has 24 heavy (non-hydrogen) atoms. The first kappa shape index (κ1) is 21.0. The number of rotatable bonds is 10. The zero-order valence-electron chi connectivity index (χ0n) is 15.2. The Morgan fingerprint density at radius 3 is 2.50 bits per heavy atom. The second-order valence-electron chi connectivity index (χ2n) is 7.01. The maximum Gasteiger partial charge on any atom is 0.309 e. The summed E-state index contributed by atoms with van der Waals surface area (Å²) in [7, 11) is 0. The van der Waals surface area contributed by atoms with Crippen molar-refractivity contribution in [1.29, 1.82) is 0 Å². The molecule has 0 bridgehead atoms. The van der Waals surface area contributed by atoms with Crippen molar-refractivity contribution in [2.24, 2.45) is 17.8 Å². The number of esters is 1. The highest BCUT2D eigenvalue weighted by Crippen LogP contribution is 2.21. The van der Waals surface area contributed by atoms with E-state index < -0.39 is 0 Å². The fraction of sp³-hybridized carbons (Fsp3) is 0.722. The van der Waals surface area contributed by atoms with Crippen LogP contribution in [0.25, 0.3) is 0 Å². The molecule has 1 atom stereocenters. The van der Waals surface area contributed by atoms with Crippen LogP contribution >= 0.6 is 24.4 Å². The minimum Gasteiger partial charge on any atom is -0.465 e. The van der Waals surface area contributed by atoms with Gasteiger partial charge in [0.1, 0.15) is 4.64 Å². The summed E-state index contributed by atoms with van der Waals surface area (Å²) in [4.78, 5) is 15.2. The molecule has 0 aliphatic heterocycles. The molecule has 0 aromatic carbocycles. The van der Waals surface area contributed by atoms with Crippen LogP contribution in [-0.2, 0) is 16.1 Å². The summed E-state index contributed by atoms with van der Waals surface area (Å²) in [6, 6.07) is 1.84. The highest BCUT2D eigenvalue weighted by atomic mass is 32.1. The lowest BCUT2D eigenvalue weighted by molar-refractivity contribution is -0.151. The number of aromatic nitrogens is 2. The van der Waals surface area contributed by atoms with Gasteiger partial charge in [-0.05, 0) is 55.8 Å². The van der Waals surface area contributed by atoms with E-state index in [2.05, 4.69) is 32.7 Å². The molecule has 1 heterocycles. The van der Waals surface area contributed by atoms with Crippen LogP contribution in [0.15, 0.2) is 12.3 Å². The van der Waals surface area contributed by atoms with Gasteiger partial charge in [-0.25, -0.2) is 0 Å². The first-order valence-corrected chi connectivity index (χ1v) is 9.59. The largest absolute Gasteiger partial charge is 0.465 e. The summed E-state index contributed by atoms with van der Waals surface area (Å²) in [6.07, 6.45) is 5.69. The van der Waals surface area contributed by atoms with Crippen LogP contribution in [0.2, 0.25) is 0 Å². The Bertz CT molecular complexity index is 620. The van der Waals surface area contributed by atoms with Gasteiger partial charge in [0, 0.05) is 12.7 Å². The number of H-pyrrole nitrogens is 1. The van der Waals surface area contributed by atoms with Gasteiger partial charge in [0.25, 0.3) is 0 Å². The molecule has 1 aromatic heterocycles. The van der Waals surface area contributed by atoms with E-state index in [1.807, 2.05) is 16.8 Å². The number of unbranched alkanes of at least 4 members (excludes halogenated alkanes) is 2. The summed E-state index contributed by atoms with van der Waals surface area (Å²) in [6.45, 7) is 9.81. The number of hydrogen-bond donors (Lipinski definition) is 1. The minimum atomic E-state index is -0.0449. The maximum atomic E-state index is 12.2. The zero-order valence-corrected chi connectivity index (χ0v) is 16.8. The normalized spacial score (nSPS) is 12.6. The topological polar surface area (TPSA) is 47.0 Å². The fourth-order valence-corrected chi connectivity index (χ4v) is 3.09. The van der Waals surface area contributed by atoms with E-state index in [4.69, 9.17) is 29.2 Å². The van der Waals surface area contributed by atoms with Crippen LogP contribution in [0.3, 0.4) is 0 Å². The molecule has 0 spiro atoms. The van der Waals surface area contributed by atoms with Crippen LogP contribution in [0.5, 0.6) is 0 Å². The molecule has 6 heteroatoms. The first-order chi connectivity index (χ1) is 11.3. The Kier molecular flexibility index (Phi) is 9.44. The average molecular weight is 371 g/mol. The number of hydrogen-bond acceptors (Lipinski definition) is 4. The smallest absolute Gasteiger partial charge is 0.309 e. The van der Waals surface area contributed by atoms with E-state index in [0.29, 0.717) is 27.9 Å². The van der Waals surface area contributed by atoms with Gasteiger partial charge in [-0.2, -0.15) is 0 Å². The van der Waals surface area contributed by atoms with Crippen molar-refractivity contribution in [2.45, 2.75) is 59.9 Å². The molecule has 0 saturated heterocycles. The van der Waals surface area contributed by atoms with Crippen molar-refractivity contribution >= 4 is 30.4 Å². The second kappa shape index (κ2) is 10.8. The molecule has 4 nitrogen and oxygen atoms in total. The Balaban J connectivity index is 2.26. The van der Waals surface area contributed by atoms with Crippen LogP contribution < -0.4 is 0 Å². The summed E-state index contributed by atoms with van der Waals surface area (Å²) in [5.41, 5.74) is 0. The van der Waals surface area contributed by atoms with Crippen molar-refractivity contribution in [3.63, 3.8) is 0 Å². The molecular formula is C18H30N2O2S2. The summed E-state index contributed by atoms with van der Waals surface area (Å²) >= 11 is 10.3. The average Bonchev–Trinajstić information content (AvgIpc) is 2.49. The molecule has 0 fully saturated rings. The summed E-state index contributed by atoms with van der Waals surface area (Å²) in [5, 5.41) is 0. The van der Waals surface area contributed by atoms with E-state index in [1.54, 1.807) is 0 Å². The Morgan fingerprint density at radius 1 is 1.21 bits per heavy atom. The standard InChI is InChI=1S/C18H30N2O2S2/c1-13(2)12-15(14(3)4)17(21)22-11-7-5-6-9-20-10-8-16(23)19-18(20)24/h8,10,13-15H,5-7,9,11-12H2,1-4H3,(H,19,23,24). The van der Waals surface area contributed by atoms with Crippen LogP contribution in [0, 0.1) is 27.2 Å². The van der Waals surface area contributed by atoms with Gasteiger partial charge < -0.3 is 14.3 Å². The van der Waals surface area contributed by atoms with Gasteiger partial charge in [0.05, 0.1) is 12.5 Å². The highest BCUT2D eigenvalue weighted by molar-refractivity contribution is 7.72. The van der Waals surface area contributed by atoms with Gasteiger partial charge in [0.15, 0.2) is 4.77 Å². The van der Waals surface area contributed by atoms with E-state index in [9.17, 15) is 4.79 Å². The van der Waals surface area contributed by atoms with Gasteiger partial charge in [-0.1, -0.05) is 39.9 Å². The third-order valence-corrected chi connectivity index (χ3v) is 4.59. The second-order valence-corrected chi connectivity index (χ2v) is 7.84. The number of nitrogens with zero attached hydrogens (tertiary/aromatic N) is 1. The lowest BCUT2D eigenvalue weighted by Gasteiger charge is -2.21. The van der Waals surface area contributed by atoms with Gasteiger partial charge >= 0.3 is 5.97 Å². The van der Waals surface area contributed by atoms with Crippen molar-refractivity contribution in [1.82, 2.24) is 9.55 Å². The van der Waals surface area contributed by atoms with Crippen molar-refractivity contribution in [2.75, 3.05) is 6.61 Å². The molecular weight excluding hydrogens is 340 g/mol. The van der Waals surface area contributed by atoms with Crippen molar-refractivity contribution < 1.29 is 9.53 Å². The molecule has 136 valence electrons. The van der Waals surface area contributed by atoms with Crippen LogP contribution in [-0.4, -0.2) is 22.1 Å². The van der Waals surface area contributed by atoms with Gasteiger partial charge in [0.2, 0.25) is 0 Å². The number of ether oxygens (including phenoxy) is 1. The number of aromatic amines is 1. The lowest BCUT2D eigenvalue weighted by atomic mass is 9.88. The zero-order chi connectivity index (χ0) is 18.1. The number of carbonyl (C=O) groups excluding carboxylic acids is 1. The summed E-state index contributed by atoms with van der Waals surface area (Å²) in [5.74, 6) is 0.797. The molecule has 1 N–H and O–H groups in total. The Hall–Kier alpha value is -1.01. The predicted molar refractivity (Wildman–Crippen MR) is 103 cm³/mol. The molecule has 1 unspecified atom stereocenters. The number of carbonyl (C=O) groups is 1. The first-order valence-electron chi connectivity index (χ1n) is 8.77. The molecule has 1 rings (SSSR count). The third-order valence-electron chi connectivity index (χ3n) is 4.02. The van der Waals surface area contributed by atoms with Crippen molar-refractivity contribution in [3.05, 3.63) is 21.7 Å². The highest BCUT2D eigenvalue weighted by Gasteiger charge is 2.24. The minimum absolute atomic E-state index is 0.00998. The number of aryl methyl sites for hydroxylation is 1. The maximum absolute atomic E-state index is 12.2. The monoisotopic (exact) mass is 370 g/mol. The summed E-state index contributed by atoms with van der Waals surface area (Å²) < 4.78 is 8.76. The van der Waals surface area contributed by atoms with E-state index in [1.165, 1.54) is 0 Å². The van der Waals surface area contributed by atoms with Gasteiger partial charge in [-0.15, -0.1) is 0 Å². The van der Waals surface area contributed by atoms with Crippen molar-refractivity contribution in [3.8, 4) is 0 Å². The molecule has 0 aliphatic carbocycles. The fourth-order valence-electron chi connectivity index (χ4n) is 2.61. The Morgan fingerprint density at radius 2 is 1.92 bits per heavy atom. The van der Waals surface area contributed by atoms with E-state index >= 15 is 0 Å². The SMILES string of the molecule is CC(C)CC(C(=O)OCCCCCn1ccc(=S)[nH]c1=S)C(C)C. The third kappa shape index (κ3) is 7.71. The predicted octanol–water partition coefficient (Wildman–Crippen LogP) is 5.31. The van der Waals surface area contributed by atoms with Gasteiger partial charge in [-0.3, -0.25) is 4.79 Å². The van der Waals surface area contributed by atoms with Crippen LogP contribution in [0.1, 0.15) is 53.4 Å². The molecule has 0 saturated carbocycles. The molecule has 1 aromatic rings. The quantitative estimate of drug-likeness (QED) is 0.344. The molecule has 0 aliphatic rings. The molecule has 0 radical (unpaired) electrons. The lowest BCUT2D eigenvalue weighted by Crippen LogP contribution is -2.24. The van der Waals surface area contributed by atoms with Crippen LogP contribution in [0.4, 0.5) is 0 Å². The van der Waals surface area contributed by atoms with E-state index in [-0.39, 0.29) is 11.9 Å². The Labute approximate surface area is 155 Å². The van der Waals surface area contributed by atoms with E-state index in [0.717, 1.165) is 32.2 Å². The number of nitrogens with one attached hydrogen (secondary N) is 1.